The zero-order valence-electron chi connectivity index (χ0n) is 20.0. The highest BCUT2D eigenvalue weighted by molar-refractivity contribution is 5.50. The largest absolute Gasteiger partial charge is 0.508 e. The van der Waals surface area contributed by atoms with Crippen molar-refractivity contribution in [3.05, 3.63) is 120 Å². The number of nitrogen functional groups attached to an aromatic ring is 1. The SMILES string of the molecule is C=O.Nc1ccccc1.OCc1ccc(O)cc1.OCc1ccc2c(c1)CN(c1ccccc1)CO2. The number of hydrogen-bond acceptors (Lipinski definition) is 7. The number of aliphatic hydroxyl groups excluding tert-OH is 2. The summed E-state index contributed by atoms with van der Waals surface area (Å²) in [5, 5.41) is 26.5. The number of benzene rings is 4. The maximum Gasteiger partial charge on any atom is 0.161 e. The second kappa shape index (κ2) is 15.5. The lowest BCUT2D eigenvalue weighted by Gasteiger charge is -2.31. The number of rotatable bonds is 3. The van der Waals surface area contributed by atoms with E-state index in [1.165, 1.54) is 0 Å². The summed E-state index contributed by atoms with van der Waals surface area (Å²) in [6, 6.07) is 32.0. The molecule has 0 aromatic heterocycles. The Morgan fingerprint density at radius 3 is 1.86 bits per heavy atom. The van der Waals surface area contributed by atoms with E-state index in [1.807, 2.05) is 73.5 Å². The third-order valence-electron chi connectivity index (χ3n) is 5.08. The van der Waals surface area contributed by atoms with Gasteiger partial charge in [-0.2, -0.15) is 0 Å². The molecule has 0 atom stereocenters. The van der Waals surface area contributed by atoms with E-state index in [-0.39, 0.29) is 19.0 Å². The molecule has 7 heteroatoms. The van der Waals surface area contributed by atoms with Crippen LogP contribution in [0, 0.1) is 0 Å². The summed E-state index contributed by atoms with van der Waals surface area (Å²) in [5.74, 6) is 1.14. The number of nitrogens with two attached hydrogens (primary N) is 1. The van der Waals surface area contributed by atoms with Crippen LogP contribution in [-0.4, -0.2) is 28.8 Å². The Balaban J connectivity index is 0.000000212. The summed E-state index contributed by atoms with van der Waals surface area (Å²) in [6.45, 7) is 3.47. The number of aromatic hydroxyl groups is 1. The fourth-order valence-corrected chi connectivity index (χ4v) is 3.25. The number of phenolic OH excluding ortho intramolecular Hbond substituents is 1. The fourth-order valence-electron chi connectivity index (χ4n) is 3.25. The number of aliphatic hydroxyl groups is 2. The average molecular weight is 489 g/mol. The van der Waals surface area contributed by atoms with Crippen molar-refractivity contribution in [3.8, 4) is 11.5 Å². The van der Waals surface area contributed by atoms with Crippen molar-refractivity contribution in [2.75, 3.05) is 17.4 Å². The first-order valence-corrected chi connectivity index (χ1v) is 11.2. The summed E-state index contributed by atoms with van der Waals surface area (Å²) in [4.78, 5) is 10.2. The third kappa shape index (κ3) is 9.13. The van der Waals surface area contributed by atoms with E-state index in [1.54, 1.807) is 24.3 Å². The van der Waals surface area contributed by atoms with Gasteiger partial charge in [0.05, 0.1) is 13.2 Å². The van der Waals surface area contributed by atoms with Crippen LogP contribution in [0.5, 0.6) is 11.5 Å². The highest BCUT2D eigenvalue weighted by Crippen LogP contribution is 2.28. The standard InChI is InChI=1S/C15H15NO2.C7H8O2.C6H7N.CH2O/c17-10-12-6-7-15-13(8-12)9-16(11-18-15)14-4-2-1-3-5-14;8-5-6-1-3-7(9)4-2-6;7-6-4-2-1-3-5-6;1-2/h1-8,17H,9-11H2;1-4,8-9H,5H2;1-5H,7H2;1H2. The molecule has 4 aromatic carbocycles. The summed E-state index contributed by atoms with van der Waals surface area (Å²) in [5.41, 5.74) is 10.2. The molecular weight excluding hydrogens is 456 g/mol. The van der Waals surface area contributed by atoms with Crippen molar-refractivity contribution in [3.63, 3.8) is 0 Å². The van der Waals surface area contributed by atoms with Gasteiger partial charge in [-0.1, -0.05) is 54.6 Å². The first kappa shape index (κ1) is 27.9. The molecule has 5 rings (SSSR count). The van der Waals surface area contributed by atoms with E-state index >= 15 is 0 Å². The van der Waals surface area contributed by atoms with Crippen LogP contribution in [0.15, 0.2) is 103 Å². The highest BCUT2D eigenvalue weighted by Gasteiger charge is 2.17. The van der Waals surface area contributed by atoms with Crippen molar-refractivity contribution >= 4 is 18.2 Å². The van der Waals surface area contributed by atoms with E-state index in [0.29, 0.717) is 6.73 Å². The molecule has 188 valence electrons. The number of nitrogens with zero attached hydrogens (tertiary/aromatic N) is 1. The Labute approximate surface area is 211 Å². The van der Waals surface area contributed by atoms with E-state index in [9.17, 15) is 0 Å². The lowest BCUT2D eigenvalue weighted by atomic mass is 10.1. The zero-order chi connectivity index (χ0) is 26.2. The number of fused-ring (bicyclic) bond motifs is 1. The minimum atomic E-state index is 0.0281. The number of phenols is 1. The monoisotopic (exact) mass is 488 g/mol. The van der Waals surface area contributed by atoms with E-state index in [4.69, 9.17) is 30.6 Å². The summed E-state index contributed by atoms with van der Waals surface area (Å²) >= 11 is 0. The van der Waals surface area contributed by atoms with E-state index < -0.39 is 0 Å². The van der Waals surface area contributed by atoms with Gasteiger partial charge in [-0.15, -0.1) is 0 Å². The van der Waals surface area contributed by atoms with Crippen LogP contribution >= 0.6 is 0 Å². The average Bonchev–Trinajstić information content (AvgIpc) is 2.95. The smallest absolute Gasteiger partial charge is 0.161 e. The molecular formula is C29H32N2O5. The minimum absolute atomic E-state index is 0.0281. The van der Waals surface area contributed by atoms with Crippen LogP contribution < -0.4 is 15.4 Å². The van der Waals surface area contributed by atoms with Gasteiger partial charge in [0.2, 0.25) is 0 Å². The summed E-state index contributed by atoms with van der Waals surface area (Å²) in [7, 11) is 0. The molecule has 0 spiro atoms. The lowest BCUT2D eigenvalue weighted by molar-refractivity contribution is -0.0980. The topological polar surface area (TPSA) is 116 Å². The van der Waals surface area contributed by atoms with Gasteiger partial charge in [0.1, 0.15) is 18.3 Å². The van der Waals surface area contributed by atoms with Gasteiger partial charge in [0.25, 0.3) is 0 Å². The van der Waals surface area contributed by atoms with Crippen LogP contribution in [0.25, 0.3) is 0 Å². The zero-order valence-corrected chi connectivity index (χ0v) is 20.0. The first-order chi connectivity index (χ1) is 17.6. The second-order valence-electron chi connectivity index (χ2n) is 7.64. The quantitative estimate of drug-likeness (QED) is 0.314. The second-order valence-corrected chi connectivity index (χ2v) is 7.64. The van der Waals surface area contributed by atoms with Gasteiger partial charge in [-0.05, 0) is 59.7 Å². The molecule has 0 radical (unpaired) electrons. The van der Waals surface area contributed by atoms with Crippen LogP contribution in [0.4, 0.5) is 11.4 Å². The molecule has 4 aromatic rings. The molecule has 36 heavy (non-hydrogen) atoms. The van der Waals surface area contributed by atoms with E-state index in [2.05, 4.69) is 17.0 Å². The fraction of sp³-hybridized carbons (Fsp3) is 0.138. The van der Waals surface area contributed by atoms with Crippen molar-refractivity contribution in [1.29, 1.82) is 0 Å². The molecule has 0 unspecified atom stereocenters. The van der Waals surface area contributed by atoms with Gasteiger partial charge < -0.3 is 35.5 Å². The molecule has 1 aliphatic rings. The lowest BCUT2D eigenvalue weighted by Crippen LogP contribution is -2.31. The van der Waals surface area contributed by atoms with Gasteiger partial charge in [0, 0.05) is 23.5 Å². The first-order valence-electron chi connectivity index (χ1n) is 11.2. The molecule has 0 saturated carbocycles. The summed E-state index contributed by atoms with van der Waals surface area (Å²) < 4.78 is 5.73. The third-order valence-corrected chi connectivity index (χ3v) is 5.08. The number of ether oxygens (including phenoxy) is 1. The highest BCUT2D eigenvalue weighted by atomic mass is 16.5. The predicted molar refractivity (Wildman–Crippen MR) is 142 cm³/mol. The minimum Gasteiger partial charge on any atom is -0.508 e. The Kier molecular flexibility index (Phi) is 12.1. The van der Waals surface area contributed by atoms with Crippen LogP contribution in [0.3, 0.4) is 0 Å². The number of carbonyl (C=O) groups excluding carboxylic acids is 1. The number of carbonyl (C=O) groups is 1. The summed E-state index contributed by atoms with van der Waals surface area (Å²) in [6.07, 6.45) is 0. The normalized spacial score (nSPS) is 11.1. The van der Waals surface area contributed by atoms with E-state index in [0.717, 1.165) is 40.4 Å². The Morgan fingerprint density at radius 2 is 1.33 bits per heavy atom. The number of hydrogen-bond donors (Lipinski definition) is 4. The van der Waals surface area contributed by atoms with Crippen molar-refractivity contribution in [2.45, 2.75) is 19.8 Å². The molecule has 5 N–H and O–H groups in total. The van der Waals surface area contributed by atoms with Crippen LogP contribution in [-0.2, 0) is 24.6 Å². The molecule has 1 aliphatic heterocycles. The van der Waals surface area contributed by atoms with Gasteiger partial charge in [0.15, 0.2) is 6.73 Å². The maximum atomic E-state index is 9.17. The molecule has 0 aliphatic carbocycles. The van der Waals surface area contributed by atoms with Gasteiger partial charge in [-0.3, -0.25) is 0 Å². The molecule has 1 heterocycles. The predicted octanol–water partition coefficient (Wildman–Crippen LogP) is 4.50. The van der Waals surface area contributed by atoms with Crippen molar-refractivity contribution in [1.82, 2.24) is 0 Å². The molecule has 0 saturated heterocycles. The van der Waals surface area contributed by atoms with Crippen molar-refractivity contribution < 1.29 is 24.9 Å². The van der Waals surface area contributed by atoms with Gasteiger partial charge in [-0.25, -0.2) is 0 Å². The van der Waals surface area contributed by atoms with Gasteiger partial charge >= 0.3 is 0 Å². The molecule has 0 amide bonds. The molecule has 7 nitrogen and oxygen atoms in total. The Morgan fingerprint density at radius 1 is 0.778 bits per heavy atom. The Bertz CT molecular complexity index is 1140. The molecule has 0 fully saturated rings. The van der Waals surface area contributed by atoms with Crippen LogP contribution in [0.2, 0.25) is 0 Å². The molecule has 0 bridgehead atoms. The van der Waals surface area contributed by atoms with Crippen LogP contribution in [0.1, 0.15) is 16.7 Å². The maximum absolute atomic E-state index is 9.17. The van der Waals surface area contributed by atoms with Crippen molar-refractivity contribution in [2.24, 2.45) is 0 Å². The number of anilines is 2. The number of para-hydroxylation sites is 2. The Hall–Kier alpha value is -4.33.